The summed E-state index contributed by atoms with van der Waals surface area (Å²) < 4.78 is 5.69. The lowest BCUT2D eigenvalue weighted by atomic mass is 9.78. The van der Waals surface area contributed by atoms with E-state index in [1.54, 1.807) is 0 Å². The normalized spacial score (nSPS) is 13.1. The third kappa shape index (κ3) is 15.0. The molecule has 0 radical (unpaired) electrons. The minimum absolute atomic E-state index is 0.0488. The second-order valence-corrected chi connectivity index (χ2v) is 13.5. The minimum Gasteiger partial charge on any atom is -0.465 e. The zero-order valence-electron chi connectivity index (χ0n) is 26.1. The molecule has 0 amide bonds. The Labute approximate surface area is 231 Å². The molecule has 1 aromatic rings. The Morgan fingerprint density at radius 1 is 0.622 bits per heavy atom. The molecule has 0 heterocycles. The number of rotatable bonds is 19. The van der Waals surface area contributed by atoms with Crippen molar-refractivity contribution in [2.45, 2.75) is 175 Å². The SMILES string of the molecule is CCCCCCCCCCCCCCCCCCOC(=O)C(C)c1cc(C(C)(C)C)cc(C(C)(C)C)c1. The maximum Gasteiger partial charge on any atom is 0.313 e. The van der Waals surface area contributed by atoms with Crippen LogP contribution in [0.3, 0.4) is 0 Å². The van der Waals surface area contributed by atoms with Crippen molar-refractivity contribution in [3.8, 4) is 0 Å². The molecule has 0 N–H and O–H groups in total. The van der Waals surface area contributed by atoms with E-state index in [1.165, 1.54) is 101 Å². The highest BCUT2D eigenvalue weighted by Gasteiger charge is 2.24. The van der Waals surface area contributed by atoms with Crippen molar-refractivity contribution in [2.24, 2.45) is 0 Å². The fourth-order valence-electron chi connectivity index (χ4n) is 4.85. The molecule has 0 bridgehead atoms. The molecule has 0 fully saturated rings. The molecular weight excluding hydrogens is 452 g/mol. The molecule has 1 aromatic carbocycles. The quantitative estimate of drug-likeness (QED) is 0.135. The van der Waals surface area contributed by atoms with Crippen molar-refractivity contribution in [3.05, 3.63) is 34.9 Å². The Balaban J connectivity index is 2.18. The standard InChI is InChI=1S/C35H62O2/c1-9-10-11-12-13-14-15-16-17-18-19-20-21-22-23-24-25-37-33(36)29(2)30-26-31(34(3,4)5)28-32(27-30)35(6,7)8/h26-29H,9-25H2,1-8H3. The van der Waals surface area contributed by atoms with Gasteiger partial charge in [-0.15, -0.1) is 0 Å². The molecular formula is C35H62O2. The van der Waals surface area contributed by atoms with Crippen LogP contribution in [0.1, 0.15) is 181 Å². The largest absolute Gasteiger partial charge is 0.465 e. The summed E-state index contributed by atoms with van der Waals surface area (Å²) in [5.74, 6) is -0.323. The molecule has 0 aliphatic rings. The Hall–Kier alpha value is -1.31. The number of hydrogen-bond acceptors (Lipinski definition) is 2. The molecule has 1 unspecified atom stereocenters. The number of carbonyl (C=O) groups is 1. The fourth-order valence-corrected chi connectivity index (χ4v) is 4.85. The first-order valence-electron chi connectivity index (χ1n) is 15.8. The van der Waals surface area contributed by atoms with Gasteiger partial charge >= 0.3 is 5.97 Å². The summed E-state index contributed by atoms with van der Waals surface area (Å²) in [6, 6.07) is 6.71. The lowest BCUT2D eigenvalue weighted by Crippen LogP contribution is -2.20. The lowest BCUT2D eigenvalue weighted by molar-refractivity contribution is -0.145. The van der Waals surface area contributed by atoms with Gasteiger partial charge in [0.1, 0.15) is 0 Å². The van der Waals surface area contributed by atoms with Gasteiger partial charge in [0.2, 0.25) is 0 Å². The first-order chi connectivity index (χ1) is 17.5. The summed E-state index contributed by atoms with van der Waals surface area (Å²) in [5.41, 5.74) is 3.74. The average Bonchev–Trinajstić information content (AvgIpc) is 2.84. The van der Waals surface area contributed by atoms with Crippen LogP contribution in [0, 0.1) is 0 Å². The number of benzene rings is 1. The zero-order valence-corrected chi connectivity index (χ0v) is 26.1. The molecule has 37 heavy (non-hydrogen) atoms. The molecule has 2 heteroatoms. The monoisotopic (exact) mass is 514 g/mol. The number of hydrogen-bond donors (Lipinski definition) is 0. The van der Waals surface area contributed by atoms with Crippen LogP contribution in [0.5, 0.6) is 0 Å². The predicted octanol–water partition coefficient (Wildman–Crippen LogP) is 11.2. The van der Waals surface area contributed by atoms with E-state index >= 15 is 0 Å². The Morgan fingerprint density at radius 3 is 1.32 bits per heavy atom. The molecule has 1 atom stereocenters. The van der Waals surface area contributed by atoms with Crippen molar-refractivity contribution in [3.63, 3.8) is 0 Å². The van der Waals surface area contributed by atoms with E-state index in [0.717, 1.165) is 18.4 Å². The number of esters is 1. The van der Waals surface area contributed by atoms with Crippen LogP contribution < -0.4 is 0 Å². The van der Waals surface area contributed by atoms with Gasteiger partial charge in [-0.05, 0) is 40.9 Å². The molecule has 0 saturated heterocycles. The van der Waals surface area contributed by atoms with Crippen molar-refractivity contribution < 1.29 is 9.53 Å². The van der Waals surface area contributed by atoms with Crippen molar-refractivity contribution in [1.82, 2.24) is 0 Å². The van der Waals surface area contributed by atoms with Gasteiger partial charge in [0.25, 0.3) is 0 Å². The predicted molar refractivity (Wildman–Crippen MR) is 163 cm³/mol. The van der Waals surface area contributed by atoms with E-state index in [9.17, 15) is 4.79 Å². The van der Waals surface area contributed by atoms with E-state index in [-0.39, 0.29) is 22.7 Å². The van der Waals surface area contributed by atoms with Crippen LogP contribution in [0.2, 0.25) is 0 Å². The molecule has 0 saturated carbocycles. The summed E-state index contributed by atoms with van der Waals surface area (Å²) in [7, 11) is 0. The first-order valence-corrected chi connectivity index (χ1v) is 15.8. The van der Waals surface area contributed by atoms with Crippen LogP contribution >= 0.6 is 0 Å². The number of carbonyl (C=O) groups excluding carboxylic acids is 1. The van der Waals surface area contributed by atoms with Crippen molar-refractivity contribution in [1.29, 1.82) is 0 Å². The second-order valence-electron chi connectivity index (χ2n) is 13.5. The van der Waals surface area contributed by atoms with Gasteiger partial charge in [-0.2, -0.15) is 0 Å². The lowest BCUT2D eigenvalue weighted by Gasteiger charge is -2.27. The third-order valence-electron chi connectivity index (χ3n) is 7.78. The highest BCUT2D eigenvalue weighted by Crippen LogP contribution is 2.33. The van der Waals surface area contributed by atoms with E-state index in [4.69, 9.17) is 4.74 Å². The van der Waals surface area contributed by atoms with Gasteiger partial charge in [0.05, 0.1) is 12.5 Å². The van der Waals surface area contributed by atoms with Gasteiger partial charge in [-0.1, -0.05) is 163 Å². The summed E-state index contributed by atoms with van der Waals surface area (Å²) in [4.78, 5) is 12.8. The maximum absolute atomic E-state index is 12.8. The highest BCUT2D eigenvalue weighted by atomic mass is 16.5. The van der Waals surface area contributed by atoms with E-state index in [0.29, 0.717) is 6.61 Å². The van der Waals surface area contributed by atoms with E-state index in [2.05, 4.69) is 66.7 Å². The molecule has 2 nitrogen and oxygen atoms in total. The molecule has 0 aromatic heterocycles. The van der Waals surface area contributed by atoms with Crippen molar-refractivity contribution >= 4 is 5.97 Å². The Morgan fingerprint density at radius 2 is 0.973 bits per heavy atom. The van der Waals surface area contributed by atoms with E-state index < -0.39 is 0 Å². The summed E-state index contributed by atoms with van der Waals surface area (Å²) >= 11 is 0. The topological polar surface area (TPSA) is 26.3 Å². The summed E-state index contributed by atoms with van der Waals surface area (Å²) in [5, 5.41) is 0. The molecule has 1 rings (SSSR count). The van der Waals surface area contributed by atoms with Gasteiger partial charge in [0.15, 0.2) is 0 Å². The van der Waals surface area contributed by atoms with Crippen LogP contribution in [-0.2, 0) is 20.4 Å². The zero-order chi connectivity index (χ0) is 27.7. The van der Waals surface area contributed by atoms with Crippen LogP contribution in [0.25, 0.3) is 0 Å². The van der Waals surface area contributed by atoms with Crippen molar-refractivity contribution in [2.75, 3.05) is 6.61 Å². The van der Waals surface area contributed by atoms with Gasteiger partial charge in [-0.3, -0.25) is 4.79 Å². The van der Waals surface area contributed by atoms with Gasteiger partial charge < -0.3 is 4.74 Å². The Bertz CT molecular complexity index is 702. The molecule has 0 aliphatic heterocycles. The molecule has 0 aliphatic carbocycles. The molecule has 214 valence electrons. The third-order valence-corrected chi connectivity index (χ3v) is 7.78. The maximum atomic E-state index is 12.8. The van der Waals surface area contributed by atoms with Crippen LogP contribution in [0.4, 0.5) is 0 Å². The minimum atomic E-state index is -0.232. The van der Waals surface area contributed by atoms with E-state index in [1.807, 2.05) is 6.92 Å². The highest BCUT2D eigenvalue weighted by molar-refractivity contribution is 5.78. The summed E-state index contributed by atoms with van der Waals surface area (Å²) in [6.45, 7) is 18.2. The van der Waals surface area contributed by atoms with Crippen LogP contribution in [0.15, 0.2) is 18.2 Å². The Kier molecular flexibility index (Phi) is 16.5. The number of ether oxygens (including phenoxy) is 1. The average molecular weight is 515 g/mol. The van der Waals surface area contributed by atoms with Gasteiger partial charge in [0, 0.05) is 0 Å². The van der Waals surface area contributed by atoms with Gasteiger partial charge in [-0.25, -0.2) is 0 Å². The smallest absolute Gasteiger partial charge is 0.313 e. The second kappa shape index (κ2) is 18.1. The van der Waals surface area contributed by atoms with Crippen LogP contribution in [-0.4, -0.2) is 12.6 Å². The number of unbranched alkanes of at least 4 members (excludes halogenated alkanes) is 15. The summed E-state index contributed by atoms with van der Waals surface area (Å²) in [6.07, 6.45) is 21.6. The first kappa shape index (κ1) is 33.7. The fraction of sp³-hybridized carbons (Fsp3) is 0.800. The molecule has 0 spiro atoms.